The van der Waals surface area contributed by atoms with Crippen molar-refractivity contribution in [1.29, 1.82) is 0 Å². The Morgan fingerprint density at radius 1 is 1.58 bits per heavy atom. The molecule has 1 aliphatic rings. The molecule has 1 unspecified atom stereocenters. The molecule has 5 nitrogen and oxygen atoms in total. The summed E-state index contributed by atoms with van der Waals surface area (Å²) in [5, 5.41) is 7.67. The van der Waals surface area contributed by atoms with Crippen LogP contribution in [-0.4, -0.2) is 36.5 Å². The second-order valence-electron chi connectivity index (χ2n) is 4.98. The highest BCUT2D eigenvalue weighted by Gasteiger charge is 2.22. The highest BCUT2D eigenvalue weighted by Crippen LogP contribution is 2.26. The van der Waals surface area contributed by atoms with Gasteiger partial charge in [-0.15, -0.1) is 0 Å². The summed E-state index contributed by atoms with van der Waals surface area (Å²) in [5.41, 5.74) is 0.578. The van der Waals surface area contributed by atoms with Gasteiger partial charge in [0.05, 0.1) is 11.9 Å². The van der Waals surface area contributed by atoms with Crippen molar-refractivity contribution in [3.63, 3.8) is 0 Å². The van der Waals surface area contributed by atoms with E-state index in [-0.39, 0.29) is 5.56 Å². The third-order valence-corrected chi connectivity index (χ3v) is 3.97. The standard InChI is InChI=1S/C13H21ClN4O/c1-3-18-13(19)12(14)11(8-16-18)17-6-4-5-10(9-17)7-15-2/h8,10,15H,3-7,9H2,1-2H3. The predicted molar refractivity (Wildman–Crippen MR) is 78.0 cm³/mol. The van der Waals surface area contributed by atoms with E-state index in [0.717, 1.165) is 31.7 Å². The molecule has 2 rings (SSSR count). The first-order valence-electron chi connectivity index (χ1n) is 6.82. The van der Waals surface area contributed by atoms with Crippen LogP contribution >= 0.6 is 11.6 Å². The monoisotopic (exact) mass is 284 g/mol. The zero-order chi connectivity index (χ0) is 13.8. The number of halogens is 1. The number of anilines is 1. The van der Waals surface area contributed by atoms with Crippen LogP contribution in [0.1, 0.15) is 19.8 Å². The van der Waals surface area contributed by atoms with E-state index in [0.29, 0.717) is 17.5 Å². The van der Waals surface area contributed by atoms with Crippen LogP contribution in [0.3, 0.4) is 0 Å². The minimum absolute atomic E-state index is 0.197. The Morgan fingerprint density at radius 2 is 2.37 bits per heavy atom. The Morgan fingerprint density at radius 3 is 3.05 bits per heavy atom. The van der Waals surface area contributed by atoms with Crippen LogP contribution in [-0.2, 0) is 6.54 Å². The van der Waals surface area contributed by atoms with Gasteiger partial charge in [0.1, 0.15) is 5.02 Å². The topological polar surface area (TPSA) is 50.2 Å². The maximum atomic E-state index is 12.0. The third-order valence-electron chi connectivity index (χ3n) is 3.62. The van der Waals surface area contributed by atoms with Gasteiger partial charge in [-0.3, -0.25) is 4.79 Å². The molecular weight excluding hydrogens is 264 g/mol. The van der Waals surface area contributed by atoms with E-state index in [1.54, 1.807) is 6.20 Å². The molecule has 1 fully saturated rings. The third kappa shape index (κ3) is 3.09. The summed E-state index contributed by atoms with van der Waals surface area (Å²) < 4.78 is 1.39. The van der Waals surface area contributed by atoms with Gasteiger partial charge >= 0.3 is 0 Å². The van der Waals surface area contributed by atoms with Crippen molar-refractivity contribution in [2.24, 2.45) is 5.92 Å². The van der Waals surface area contributed by atoms with Gasteiger partial charge in [0, 0.05) is 19.6 Å². The zero-order valence-corrected chi connectivity index (χ0v) is 12.3. The summed E-state index contributed by atoms with van der Waals surface area (Å²) >= 11 is 6.20. The largest absolute Gasteiger partial charge is 0.369 e. The predicted octanol–water partition coefficient (Wildman–Crippen LogP) is 1.35. The molecule has 106 valence electrons. The second kappa shape index (κ2) is 6.39. The number of aromatic nitrogens is 2. The maximum Gasteiger partial charge on any atom is 0.287 e. The first-order chi connectivity index (χ1) is 9.17. The van der Waals surface area contributed by atoms with Crippen molar-refractivity contribution in [1.82, 2.24) is 15.1 Å². The first-order valence-corrected chi connectivity index (χ1v) is 7.20. The van der Waals surface area contributed by atoms with Crippen molar-refractivity contribution in [3.05, 3.63) is 21.6 Å². The molecule has 0 aromatic carbocycles. The number of hydrogen-bond acceptors (Lipinski definition) is 4. The van der Waals surface area contributed by atoms with Crippen LogP contribution in [0.5, 0.6) is 0 Å². The summed E-state index contributed by atoms with van der Waals surface area (Å²) in [7, 11) is 1.97. The van der Waals surface area contributed by atoms with Gasteiger partial charge in [0.25, 0.3) is 5.56 Å². The van der Waals surface area contributed by atoms with Crippen LogP contribution in [0.25, 0.3) is 0 Å². The lowest BCUT2D eigenvalue weighted by Gasteiger charge is -2.34. The molecule has 1 N–H and O–H groups in total. The Hall–Kier alpha value is -1.07. The molecule has 0 aliphatic carbocycles. The number of nitrogens with zero attached hydrogens (tertiary/aromatic N) is 3. The Kier molecular flexibility index (Phi) is 4.82. The van der Waals surface area contributed by atoms with Crippen LogP contribution in [0.2, 0.25) is 5.02 Å². The van der Waals surface area contributed by atoms with E-state index < -0.39 is 0 Å². The van der Waals surface area contributed by atoms with Crippen molar-refractivity contribution in [2.45, 2.75) is 26.3 Å². The average Bonchev–Trinajstić information content (AvgIpc) is 2.42. The van der Waals surface area contributed by atoms with E-state index in [1.807, 2.05) is 14.0 Å². The number of piperidine rings is 1. The maximum absolute atomic E-state index is 12.0. The van der Waals surface area contributed by atoms with E-state index in [9.17, 15) is 4.79 Å². The molecule has 1 atom stereocenters. The van der Waals surface area contributed by atoms with Crippen molar-refractivity contribution in [2.75, 3.05) is 31.6 Å². The van der Waals surface area contributed by atoms with Gasteiger partial charge in [0.2, 0.25) is 0 Å². The van der Waals surface area contributed by atoms with Gasteiger partial charge < -0.3 is 10.2 Å². The summed E-state index contributed by atoms with van der Waals surface area (Å²) in [4.78, 5) is 14.2. The molecule has 0 radical (unpaired) electrons. The Labute approximate surface area is 118 Å². The zero-order valence-electron chi connectivity index (χ0n) is 11.5. The highest BCUT2D eigenvalue weighted by molar-refractivity contribution is 6.33. The molecule has 19 heavy (non-hydrogen) atoms. The highest BCUT2D eigenvalue weighted by atomic mass is 35.5. The second-order valence-corrected chi connectivity index (χ2v) is 5.35. The lowest BCUT2D eigenvalue weighted by atomic mass is 9.98. The number of aryl methyl sites for hydroxylation is 1. The molecule has 0 saturated carbocycles. The minimum atomic E-state index is -0.197. The quantitative estimate of drug-likeness (QED) is 0.907. The fourth-order valence-electron chi connectivity index (χ4n) is 2.64. The molecule has 1 aromatic heterocycles. The molecule has 2 heterocycles. The normalized spacial score (nSPS) is 19.7. The smallest absolute Gasteiger partial charge is 0.287 e. The fraction of sp³-hybridized carbons (Fsp3) is 0.692. The van der Waals surface area contributed by atoms with Crippen LogP contribution in [0.4, 0.5) is 5.69 Å². The lowest BCUT2D eigenvalue weighted by molar-refractivity contribution is 0.402. The molecule has 0 spiro atoms. The van der Waals surface area contributed by atoms with Gasteiger partial charge in [-0.05, 0) is 39.3 Å². The molecule has 1 saturated heterocycles. The minimum Gasteiger partial charge on any atom is -0.369 e. The van der Waals surface area contributed by atoms with Crippen LogP contribution in [0, 0.1) is 5.92 Å². The first kappa shape index (κ1) is 14.3. The van der Waals surface area contributed by atoms with E-state index in [1.165, 1.54) is 11.1 Å². The van der Waals surface area contributed by atoms with Gasteiger partial charge in [-0.2, -0.15) is 5.10 Å². The van der Waals surface area contributed by atoms with Crippen molar-refractivity contribution < 1.29 is 0 Å². The Balaban J connectivity index is 2.22. The van der Waals surface area contributed by atoms with E-state index >= 15 is 0 Å². The van der Waals surface area contributed by atoms with Crippen LogP contribution in [0.15, 0.2) is 11.0 Å². The van der Waals surface area contributed by atoms with Crippen LogP contribution < -0.4 is 15.8 Å². The van der Waals surface area contributed by atoms with E-state index in [2.05, 4.69) is 15.3 Å². The molecule has 1 aromatic rings. The summed E-state index contributed by atoms with van der Waals surface area (Å²) in [6.45, 7) is 5.29. The lowest BCUT2D eigenvalue weighted by Crippen LogP contribution is -2.40. The van der Waals surface area contributed by atoms with E-state index in [4.69, 9.17) is 11.6 Å². The summed E-state index contributed by atoms with van der Waals surface area (Å²) in [6, 6.07) is 0. The Bertz CT molecular complexity index is 486. The summed E-state index contributed by atoms with van der Waals surface area (Å²) in [6.07, 6.45) is 4.06. The molecule has 6 heteroatoms. The van der Waals surface area contributed by atoms with Crippen molar-refractivity contribution >= 4 is 17.3 Å². The van der Waals surface area contributed by atoms with Crippen molar-refractivity contribution in [3.8, 4) is 0 Å². The van der Waals surface area contributed by atoms with Gasteiger partial charge in [-0.1, -0.05) is 11.6 Å². The molecule has 0 bridgehead atoms. The molecular formula is C13H21ClN4O. The van der Waals surface area contributed by atoms with Gasteiger partial charge in [-0.25, -0.2) is 4.68 Å². The van der Waals surface area contributed by atoms with Gasteiger partial charge in [0.15, 0.2) is 0 Å². The summed E-state index contributed by atoms with van der Waals surface area (Å²) in [5.74, 6) is 0.600. The number of hydrogen-bond donors (Lipinski definition) is 1. The molecule has 0 amide bonds. The fourth-order valence-corrected chi connectivity index (χ4v) is 2.91. The SMILES string of the molecule is CCn1ncc(N2CCCC(CNC)C2)c(Cl)c1=O. The average molecular weight is 285 g/mol. The number of nitrogens with one attached hydrogen (secondary N) is 1. The number of rotatable bonds is 4. The molecule has 1 aliphatic heterocycles.